The topological polar surface area (TPSA) is 338 Å². The molecule has 1 fully saturated rings. The van der Waals surface area contributed by atoms with Crippen LogP contribution in [-0.2, 0) is 35.1 Å². The minimum Gasteiger partial charge on any atom is -0.508 e. The number of benzene rings is 1. The third-order valence-electron chi connectivity index (χ3n) is 5.43. The molecule has 1 heterocycles. The van der Waals surface area contributed by atoms with Crippen molar-refractivity contribution in [1.29, 1.82) is 0 Å². The Hall–Kier alpha value is -3.71. The van der Waals surface area contributed by atoms with E-state index >= 15 is 0 Å². The maximum Gasteiger partial charge on any atom is 0.330 e. The van der Waals surface area contributed by atoms with E-state index in [0.29, 0.717) is 13.0 Å². The molecule has 5 atom stereocenters. The predicted octanol–water partition coefficient (Wildman–Crippen LogP) is -2.58. The summed E-state index contributed by atoms with van der Waals surface area (Å²) in [5, 5.41) is 44.5. The summed E-state index contributed by atoms with van der Waals surface area (Å²) in [4.78, 5) is 52.5. The van der Waals surface area contributed by atoms with Crippen molar-refractivity contribution in [3.63, 3.8) is 0 Å². The summed E-state index contributed by atoms with van der Waals surface area (Å²) in [7, 11) is 0. The number of aliphatic hydroxyl groups is 1. The number of aromatic hydroxyl groups is 1. The number of carbonyl (C=O) groups is 5. The Kier molecular flexibility index (Phi) is 22.9. The smallest absolute Gasteiger partial charge is 0.330 e. The van der Waals surface area contributed by atoms with Crippen LogP contribution in [0.4, 0.5) is 0 Å². The number of aliphatic carboxylic acids is 3. The molecule has 17 nitrogen and oxygen atoms in total. The van der Waals surface area contributed by atoms with Gasteiger partial charge in [0.25, 0.3) is 0 Å². The number of hydrogen-bond acceptors (Lipinski definition) is 14. The molecule has 1 aromatic carbocycles. The maximum atomic E-state index is 11.5. The lowest BCUT2D eigenvalue weighted by Gasteiger charge is -2.11. The van der Waals surface area contributed by atoms with Gasteiger partial charge in [0.15, 0.2) is 0 Å². The van der Waals surface area contributed by atoms with Gasteiger partial charge in [0.05, 0.1) is 6.61 Å². The van der Waals surface area contributed by atoms with Gasteiger partial charge in [-0.3, -0.25) is 14.4 Å². The highest BCUT2D eigenvalue weighted by molar-refractivity contribution is 5.90. The lowest BCUT2D eigenvalue weighted by atomic mass is 10.1. The molecule has 43 heavy (non-hydrogen) atoms. The van der Waals surface area contributed by atoms with Crippen molar-refractivity contribution in [2.75, 3.05) is 19.7 Å². The Morgan fingerprint density at radius 1 is 0.907 bits per heavy atom. The number of hydrogen-bond donors (Lipinski definition) is 11. The van der Waals surface area contributed by atoms with Gasteiger partial charge in [0.1, 0.15) is 36.0 Å². The quantitative estimate of drug-likeness (QED) is 0.0650. The fraction of sp³-hybridized carbons (Fsp3) is 0.577. The molecular formula is C26H46N6O11. The Morgan fingerprint density at radius 3 is 1.81 bits per heavy atom. The standard InChI is InChI=1S/C12H16N2O4.C6H14N2O2.C5H9NO2.C3H7NO3/c1-7(13)11(16)18-12(17)10(14)6-8-2-4-9(15)5-3-8;7-4-2-1-3-5(8)6(9)10;7-5(8)4-2-1-3-6-4;4-2(1-5)3(6)7/h2-5,7,10,15H,6,13-14H2,1H3;5H,1-4,7-8H2,(H,9,10);4,6H,1-3H2,(H,7,8);2,5H,1,4H2,(H,6,7)/t7-,10-;5-;4-;2-/m0000/s1. The lowest BCUT2D eigenvalue weighted by molar-refractivity contribution is -0.161. The molecule has 0 bridgehead atoms. The molecule has 17 heteroatoms. The number of ether oxygens (including phenoxy) is 1. The number of phenolic OH excluding ortho intramolecular Hbond substituents is 1. The van der Waals surface area contributed by atoms with Gasteiger partial charge in [-0.25, -0.2) is 9.59 Å². The second-order valence-corrected chi connectivity index (χ2v) is 9.35. The molecule has 0 amide bonds. The van der Waals surface area contributed by atoms with Gasteiger partial charge in [-0.1, -0.05) is 18.6 Å². The number of nitrogens with two attached hydrogens (primary N) is 5. The minimum atomic E-state index is -1.18. The maximum absolute atomic E-state index is 11.5. The van der Waals surface area contributed by atoms with E-state index < -0.39 is 60.6 Å². The Labute approximate surface area is 249 Å². The van der Waals surface area contributed by atoms with Crippen molar-refractivity contribution in [2.24, 2.45) is 28.7 Å². The predicted molar refractivity (Wildman–Crippen MR) is 154 cm³/mol. The molecule has 1 saturated heterocycles. The zero-order valence-corrected chi connectivity index (χ0v) is 24.1. The van der Waals surface area contributed by atoms with Crippen LogP contribution < -0.4 is 34.0 Å². The summed E-state index contributed by atoms with van der Waals surface area (Å²) in [6.07, 6.45) is 4.16. The van der Waals surface area contributed by atoms with E-state index in [2.05, 4.69) is 10.1 Å². The number of esters is 2. The number of phenols is 1. The molecular weight excluding hydrogens is 572 g/mol. The van der Waals surface area contributed by atoms with Gasteiger partial charge in [-0.2, -0.15) is 0 Å². The number of aliphatic hydroxyl groups excluding tert-OH is 1. The Bertz CT molecular complexity index is 973. The third-order valence-corrected chi connectivity index (χ3v) is 5.43. The molecule has 0 aliphatic carbocycles. The number of carboxylic acid groups (broad SMARTS) is 3. The van der Waals surface area contributed by atoms with E-state index in [1.807, 2.05) is 0 Å². The molecule has 0 saturated carbocycles. The number of carboxylic acids is 3. The largest absolute Gasteiger partial charge is 0.508 e. The van der Waals surface area contributed by atoms with Crippen molar-refractivity contribution in [1.82, 2.24) is 5.32 Å². The van der Waals surface area contributed by atoms with E-state index in [9.17, 15) is 24.0 Å². The fourth-order valence-corrected chi connectivity index (χ4v) is 2.84. The molecule has 2 rings (SSSR count). The molecule has 0 spiro atoms. The summed E-state index contributed by atoms with van der Waals surface area (Å²) in [5.74, 6) is -4.32. The van der Waals surface area contributed by atoms with E-state index in [4.69, 9.17) is 54.2 Å². The van der Waals surface area contributed by atoms with Crippen LogP contribution in [0, 0.1) is 0 Å². The highest BCUT2D eigenvalue weighted by Gasteiger charge is 2.21. The number of carbonyl (C=O) groups excluding carboxylic acids is 2. The summed E-state index contributed by atoms with van der Waals surface area (Å²) in [6.45, 7) is 2.37. The zero-order chi connectivity index (χ0) is 33.5. The molecule has 1 aliphatic rings. The molecule has 16 N–H and O–H groups in total. The van der Waals surface area contributed by atoms with E-state index in [1.165, 1.54) is 19.1 Å². The third kappa shape index (κ3) is 21.6. The molecule has 0 radical (unpaired) electrons. The molecule has 246 valence electrons. The van der Waals surface area contributed by atoms with Crippen LogP contribution in [0.1, 0.15) is 44.6 Å². The first-order valence-electron chi connectivity index (χ1n) is 13.4. The first-order valence-corrected chi connectivity index (χ1v) is 13.4. The van der Waals surface area contributed by atoms with Crippen LogP contribution in [0.25, 0.3) is 0 Å². The van der Waals surface area contributed by atoms with Gasteiger partial charge in [0, 0.05) is 0 Å². The first-order chi connectivity index (χ1) is 20.1. The molecule has 1 aromatic rings. The zero-order valence-electron chi connectivity index (χ0n) is 24.1. The van der Waals surface area contributed by atoms with E-state index in [1.54, 1.807) is 12.1 Å². The monoisotopic (exact) mass is 618 g/mol. The van der Waals surface area contributed by atoms with Crippen molar-refractivity contribution in [2.45, 2.75) is 75.7 Å². The average Bonchev–Trinajstić information content (AvgIpc) is 3.50. The van der Waals surface area contributed by atoms with Crippen LogP contribution >= 0.6 is 0 Å². The Morgan fingerprint density at radius 2 is 1.47 bits per heavy atom. The molecule has 0 unspecified atom stereocenters. The van der Waals surface area contributed by atoms with Crippen LogP contribution in [-0.4, -0.2) is 105 Å². The summed E-state index contributed by atoms with van der Waals surface area (Å²) >= 11 is 0. The van der Waals surface area contributed by atoms with Crippen molar-refractivity contribution in [3.05, 3.63) is 29.8 Å². The summed E-state index contributed by atoms with van der Waals surface area (Å²) in [5.41, 5.74) is 26.8. The highest BCUT2D eigenvalue weighted by Crippen LogP contribution is 2.11. The van der Waals surface area contributed by atoms with Crippen molar-refractivity contribution in [3.8, 4) is 5.75 Å². The van der Waals surface area contributed by atoms with Crippen molar-refractivity contribution >= 4 is 29.8 Å². The second-order valence-electron chi connectivity index (χ2n) is 9.35. The Balaban J connectivity index is 0. The van der Waals surface area contributed by atoms with Gasteiger partial charge < -0.3 is 64.3 Å². The van der Waals surface area contributed by atoms with Crippen LogP contribution in [0.15, 0.2) is 24.3 Å². The van der Waals surface area contributed by atoms with Gasteiger partial charge >= 0.3 is 29.8 Å². The summed E-state index contributed by atoms with van der Waals surface area (Å²) in [6, 6.07) is 2.32. The van der Waals surface area contributed by atoms with Crippen LogP contribution in [0.3, 0.4) is 0 Å². The summed E-state index contributed by atoms with van der Waals surface area (Å²) < 4.78 is 4.49. The van der Waals surface area contributed by atoms with Crippen LogP contribution in [0.2, 0.25) is 0 Å². The van der Waals surface area contributed by atoms with Gasteiger partial charge in [-0.15, -0.1) is 0 Å². The normalized spacial score (nSPS) is 16.2. The number of rotatable bonds is 12. The molecule has 1 aliphatic heterocycles. The highest BCUT2D eigenvalue weighted by atomic mass is 16.6. The van der Waals surface area contributed by atoms with E-state index in [0.717, 1.165) is 37.8 Å². The first kappa shape index (κ1) is 41.4. The number of unbranched alkanes of at least 4 members (excludes halogenated alkanes) is 1. The second kappa shape index (κ2) is 23.8. The average molecular weight is 619 g/mol. The van der Waals surface area contributed by atoms with Crippen molar-refractivity contribution < 1.29 is 54.2 Å². The molecule has 0 aromatic heterocycles. The van der Waals surface area contributed by atoms with Crippen LogP contribution in [0.5, 0.6) is 5.75 Å². The minimum absolute atomic E-state index is 0.127. The fourth-order valence-electron chi connectivity index (χ4n) is 2.84. The van der Waals surface area contributed by atoms with E-state index in [-0.39, 0.29) is 18.2 Å². The van der Waals surface area contributed by atoms with Gasteiger partial charge in [-0.05, 0) is 69.8 Å². The SMILES string of the molecule is C[C@H](N)C(=O)OC(=O)[C@@H](N)Cc1ccc(O)cc1.NCCCC[C@H](N)C(=O)O.N[C@@H](CO)C(=O)O.O=C(O)[C@@H]1CCCN1. The lowest BCUT2D eigenvalue weighted by Crippen LogP contribution is -2.39. The van der Waals surface area contributed by atoms with Gasteiger partial charge in [0.2, 0.25) is 0 Å². The number of nitrogens with one attached hydrogen (secondary N) is 1.